The lowest BCUT2D eigenvalue weighted by atomic mass is 9.75. The van der Waals surface area contributed by atoms with Gasteiger partial charge in [0.2, 0.25) is 0 Å². The van der Waals surface area contributed by atoms with E-state index in [4.69, 9.17) is 0 Å². The summed E-state index contributed by atoms with van der Waals surface area (Å²) in [5.74, 6) is 0. The molecule has 84 valence electrons. The van der Waals surface area contributed by atoms with Crippen molar-refractivity contribution in [3.63, 3.8) is 0 Å². The molecule has 1 heteroatoms. The Kier molecular flexibility index (Phi) is 6.79. The van der Waals surface area contributed by atoms with Crippen LogP contribution in [-0.2, 0) is 0 Å². The van der Waals surface area contributed by atoms with Crippen LogP contribution >= 0.6 is 0 Å². The second kappa shape index (κ2) is 7.29. The molecule has 0 spiro atoms. The van der Waals surface area contributed by atoms with Gasteiger partial charge in [0.25, 0.3) is 0 Å². The fraction of sp³-hybridized carbons (Fsp3) is 0.643. The molecule has 0 aliphatic carbocycles. The third-order valence-electron chi connectivity index (χ3n) is 2.82. The Morgan fingerprint density at radius 2 is 2.00 bits per heavy atom. The molecule has 1 unspecified atom stereocenters. The van der Waals surface area contributed by atoms with Gasteiger partial charge in [-0.1, -0.05) is 45.4 Å². The molecule has 1 nitrogen and oxygen atoms in total. The molecule has 0 aromatic heterocycles. The number of nitrogens with zero attached hydrogens (tertiary/aromatic N) is 1. The summed E-state index contributed by atoms with van der Waals surface area (Å²) >= 11 is 0. The van der Waals surface area contributed by atoms with Crippen molar-refractivity contribution in [3.05, 3.63) is 23.8 Å². The van der Waals surface area contributed by atoms with Gasteiger partial charge in [0.05, 0.1) is 11.5 Å². The minimum Gasteiger partial charge on any atom is -0.197 e. The quantitative estimate of drug-likeness (QED) is 0.580. The van der Waals surface area contributed by atoms with Gasteiger partial charge in [-0.3, -0.25) is 0 Å². The Morgan fingerprint density at radius 3 is 2.33 bits per heavy atom. The highest BCUT2D eigenvalue weighted by atomic mass is 14.4. The molecule has 0 aliphatic rings. The summed E-state index contributed by atoms with van der Waals surface area (Å²) in [6.07, 6.45) is 10.2. The summed E-state index contributed by atoms with van der Waals surface area (Å²) in [6, 6.07) is 2.52. The molecule has 0 bridgehead atoms. The molecule has 0 saturated heterocycles. The van der Waals surface area contributed by atoms with E-state index in [1.165, 1.54) is 5.57 Å². The van der Waals surface area contributed by atoms with E-state index in [-0.39, 0.29) is 5.41 Å². The summed E-state index contributed by atoms with van der Waals surface area (Å²) in [7, 11) is 0. The zero-order valence-corrected chi connectivity index (χ0v) is 10.5. The molecule has 0 amide bonds. The summed E-state index contributed by atoms with van der Waals surface area (Å²) in [6.45, 7) is 8.37. The van der Waals surface area contributed by atoms with Crippen molar-refractivity contribution in [2.24, 2.45) is 5.41 Å². The van der Waals surface area contributed by atoms with E-state index in [1.54, 1.807) is 0 Å². The molecule has 0 saturated carbocycles. The molecule has 0 fully saturated rings. The smallest absolute Gasteiger partial charge is 0.0816 e. The molecule has 15 heavy (non-hydrogen) atoms. The number of allylic oxidation sites excluding steroid dienone is 4. The summed E-state index contributed by atoms with van der Waals surface area (Å²) in [5, 5.41) is 9.41. The molecule has 1 atom stereocenters. The summed E-state index contributed by atoms with van der Waals surface area (Å²) in [5.41, 5.74) is 0.927. The van der Waals surface area contributed by atoms with Gasteiger partial charge >= 0.3 is 0 Å². The largest absolute Gasteiger partial charge is 0.197 e. The zero-order valence-electron chi connectivity index (χ0n) is 10.5. The van der Waals surface area contributed by atoms with Crippen LogP contribution in [0.15, 0.2) is 23.8 Å². The topological polar surface area (TPSA) is 23.8 Å². The van der Waals surface area contributed by atoms with Crippen LogP contribution in [0.3, 0.4) is 0 Å². The molecular weight excluding hydrogens is 182 g/mol. The van der Waals surface area contributed by atoms with Crippen molar-refractivity contribution in [3.8, 4) is 6.07 Å². The van der Waals surface area contributed by atoms with Crippen molar-refractivity contribution < 1.29 is 0 Å². The van der Waals surface area contributed by atoms with Crippen LogP contribution in [0, 0.1) is 16.7 Å². The lowest BCUT2D eigenvalue weighted by Crippen LogP contribution is -2.19. The van der Waals surface area contributed by atoms with Gasteiger partial charge in [-0.05, 0) is 31.8 Å². The van der Waals surface area contributed by atoms with E-state index in [0.717, 1.165) is 25.7 Å². The normalized spacial score (nSPS) is 16.3. The minimum atomic E-state index is -0.267. The molecule has 0 N–H and O–H groups in total. The number of rotatable bonds is 6. The van der Waals surface area contributed by atoms with Crippen LogP contribution in [0.2, 0.25) is 0 Å². The highest BCUT2D eigenvalue weighted by Gasteiger charge is 2.29. The molecule has 0 radical (unpaired) electrons. The van der Waals surface area contributed by atoms with Gasteiger partial charge in [0, 0.05) is 0 Å². The van der Waals surface area contributed by atoms with Crippen LogP contribution in [0.1, 0.15) is 53.4 Å². The van der Waals surface area contributed by atoms with E-state index in [0.29, 0.717) is 0 Å². The maximum Gasteiger partial charge on any atom is 0.0816 e. The van der Waals surface area contributed by atoms with Gasteiger partial charge in [0.1, 0.15) is 0 Å². The van der Waals surface area contributed by atoms with Crippen LogP contribution in [-0.4, -0.2) is 0 Å². The summed E-state index contributed by atoms with van der Waals surface area (Å²) in [4.78, 5) is 0. The Morgan fingerprint density at radius 1 is 1.33 bits per heavy atom. The lowest BCUT2D eigenvalue weighted by molar-refractivity contribution is 0.421. The first-order valence-electron chi connectivity index (χ1n) is 5.95. The van der Waals surface area contributed by atoms with E-state index >= 15 is 0 Å². The molecule has 0 aliphatic heterocycles. The van der Waals surface area contributed by atoms with E-state index in [9.17, 15) is 5.26 Å². The standard InChI is InChI=1S/C14H23N/c1-5-9-13(10-6-2)14(8-4,12-15)11-7-3/h5,9-10H,6-8,11H2,1-4H3/b9-5-,13-10+. The predicted octanol–water partition coefficient (Wildman–Crippen LogP) is 4.62. The zero-order chi connectivity index (χ0) is 11.7. The fourth-order valence-electron chi connectivity index (χ4n) is 1.97. The van der Waals surface area contributed by atoms with E-state index in [2.05, 4.69) is 39.0 Å². The molecular formula is C14H23N. The molecule has 0 heterocycles. The average molecular weight is 205 g/mol. The van der Waals surface area contributed by atoms with Crippen molar-refractivity contribution in [1.29, 1.82) is 5.26 Å². The first-order valence-corrected chi connectivity index (χ1v) is 5.95. The number of hydrogen-bond donors (Lipinski definition) is 0. The van der Waals surface area contributed by atoms with Gasteiger partial charge < -0.3 is 0 Å². The van der Waals surface area contributed by atoms with E-state index in [1.807, 2.05) is 13.0 Å². The van der Waals surface area contributed by atoms with Crippen LogP contribution < -0.4 is 0 Å². The maximum atomic E-state index is 9.41. The van der Waals surface area contributed by atoms with Crippen molar-refractivity contribution in [2.45, 2.75) is 53.4 Å². The SMILES string of the molecule is C/C=C\C(=C/CC)C(C#N)(CC)CCC. The van der Waals surface area contributed by atoms with Gasteiger partial charge in [-0.2, -0.15) is 5.26 Å². The second-order valence-corrected chi connectivity index (χ2v) is 3.87. The predicted molar refractivity (Wildman–Crippen MR) is 66.4 cm³/mol. The van der Waals surface area contributed by atoms with Gasteiger partial charge in [-0.25, -0.2) is 0 Å². The maximum absolute atomic E-state index is 9.41. The van der Waals surface area contributed by atoms with Crippen molar-refractivity contribution in [2.75, 3.05) is 0 Å². The van der Waals surface area contributed by atoms with Gasteiger partial charge in [0.15, 0.2) is 0 Å². The second-order valence-electron chi connectivity index (χ2n) is 3.87. The Hall–Kier alpha value is -1.03. The van der Waals surface area contributed by atoms with Crippen LogP contribution in [0.5, 0.6) is 0 Å². The van der Waals surface area contributed by atoms with Crippen LogP contribution in [0.4, 0.5) is 0 Å². The number of hydrogen-bond acceptors (Lipinski definition) is 1. The highest BCUT2D eigenvalue weighted by Crippen LogP contribution is 2.36. The fourth-order valence-corrected chi connectivity index (χ4v) is 1.97. The third kappa shape index (κ3) is 3.55. The van der Waals surface area contributed by atoms with Crippen molar-refractivity contribution in [1.82, 2.24) is 0 Å². The Labute approximate surface area is 94.5 Å². The summed E-state index contributed by atoms with van der Waals surface area (Å²) < 4.78 is 0. The third-order valence-corrected chi connectivity index (χ3v) is 2.82. The average Bonchev–Trinajstić information content (AvgIpc) is 2.26. The first kappa shape index (κ1) is 14.0. The van der Waals surface area contributed by atoms with Crippen LogP contribution in [0.25, 0.3) is 0 Å². The highest BCUT2D eigenvalue weighted by molar-refractivity contribution is 5.32. The number of nitriles is 1. The lowest BCUT2D eigenvalue weighted by Gasteiger charge is -2.26. The first-order chi connectivity index (χ1) is 7.20. The molecule has 0 aromatic carbocycles. The Bertz CT molecular complexity index is 268. The monoisotopic (exact) mass is 205 g/mol. The van der Waals surface area contributed by atoms with E-state index < -0.39 is 0 Å². The minimum absolute atomic E-state index is 0.267. The van der Waals surface area contributed by atoms with Crippen molar-refractivity contribution >= 4 is 0 Å². The Balaban J connectivity index is 5.18. The molecule has 0 aromatic rings. The van der Waals surface area contributed by atoms with Gasteiger partial charge in [-0.15, -0.1) is 0 Å². The molecule has 0 rings (SSSR count).